The largest absolute Gasteiger partial charge is 0.497 e. The van der Waals surface area contributed by atoms with Crippen LogP contribution in [0.1, 0.15) is 15.6 Å². The van der Waals surface area contributed by atoms with E-state index in [1.165, 1.54) is 11.3 Å². The number of rotatable bonds is 8. The molecule has 0 saturated carbocycles. The first-order valence-electron chi connectivity index (χ1n) is 8.65. The molecule has 3 rings (SSSR count). The number of carbonyl (C=O) groups is 1. The van der Waals surface area contributed by atoms with Crippen molar-refractivity contribution in [3.63, 3.8) is 0 Å². The molecule has 1 aliphatic rings. The first-order valence-corrected chi connectivity index (χ1v) is 9.47. The van der Waals surface area contributed by atoms with E-state index in [2.05, 4.69) is 15.5 Å². The van der Waals surface area contributed by atoms with Gasteiger partial charge in [-0.15, -0.1) is 10.2 Å². The van der Waals surface area contributed by atoms with Gasteiger partial charge in [-0.3, -0.25) is 0 Å². The molecule has 9 heteroatoms. The van der Waals surface area contributed by atoms with E-state index >= 15 is 0 Å². The molecule has 0 bridgehead atoms. The molecule has 1 aromatic carbocycles. The van der Waals surface area contributed by atoms with E-state index < -0.39 is 18.2 Å². The van der Waals surface area contributed by atoms with Crippen LogP contribution in [0.4, 0.5) is 0 Å². The quantitative estimate of drug-likeness (QED) is 0.637. The first-order chi connectivity index (χ1) is 13.0. The molecule has 1 aliphatic heterocycles. The molecule has 0 radical (unpaired) electrons. The maximum atomic E-state index is 12.1. The number of aromatic nitrogens is 2. The van der Waals surface area contributed by atoms with Crippen LogP contribution >= 0.6 is 11.3 Å². The molecule has 2 N–H and O–H groups in total. The van der Waals surface area contributed by atoms with E-state index in [-0.39, 0.29) is 19.3 Å². The molecule has 27 heavy (non-hydrogen) atoms. The lowest BCUT2D eigenvalue weighted by molar-refractivity contribution is -0.159. The lowest BCUT2D eigenvalue weighted by atomic mass is 10.0. The van der Waals surface area contributed by atoms with Gasteiger partial charge in [0, 0.05) is 6.54 Å². The number of ether oxygens (including phenoxy) is 3. The smallest absolute Gasteiger partial charge is 0.332 e. The van der Waals surface area contributed by atoms with Gasteiger partial charge in [-0.2, -0.15) is 0 Å². The fraction of sp³-hybridized carbons (Fsp3) is 0.500. The van der Waals surface area contributed by atoms with Gasteiger partial charge in [0.15, 0.2) is 0 Å². The van der Waals surface area contributed by atoms with E-state index in [9.17, 15) is 9.90 Å². The zero-order valence-corrected chi connectivity index (χ0v) is 16.1. The number of aryl methyl sites for hydroxylation is 1. The maximum absolute atomic E-state index is 12.1. The minimum absolute atomic E-state index is 0.164. The van der Waals surface area contributed by atoms with Gasteiger partial charge in [0.1, 0.15) is 41.2 Å². The average Bonchev–Trinajstić information content (AvgIpc) is 3.22. The van der Waals surface area contributed by atoms with Crippen LogP contribution in [0.15, 0.2) is 24.3 Å². The molecule has 0 amide bonds. The summed E-state index contributed by atoms with van der Waals surface area (Å²) < 4.78 is 16.0. The van der Waals surface area contributed by atoms with Gasteiger partial charge in [0.2, 0.25) is 0 Å². The van der Waals surface area contributed by atoms with Crippen LogP contribution in [0.5, 0.6) is 5.75 Å². The topological polar surface area (TPSA) is 103 Å². The predicted octanol–water partition coefficient (Wildman–Crippen LogP) is 0.859. The number of methoxy groups -OCH3 is 1. The van der Waals surface area contributed by atoms with Gasteiger partial charge in [0.05, 0.1) is 13.2 Å². The van der Waals surface area contributed by atoms with Gasteiger partial charge < -0.3 is 24.6 Å². The lowest BCUT2D eigenvalue weighted by Gasteiger charge is -2.22. The molecule has 8 nitrogen and oxygen atoms in total. The number of β-amino-alcohol motifs (C(OH)–C–C–N with tert-alkyl or cyclic N) is 1. The van der Waals surface area contributed by atoms with Crippen molar-refractivity contribution in [3.8, 4) is 5.75 Å². The molecule has 1 fully saturated rings. The second-order valence-corrected chi connectivity index (χ2v) is 7.56. The Labute approximate surface area is 161 Å². The third-order valence-electron chi connectivity index (χ3n) is 4.26. The van der Waals surface area contributed by atoms with Crippen LogP contribution in [-0.4, -0.2) is 59.8 Å². The number of hydrogen-bond donors (Lipinski definition) is 2. The van der Waals surface area contributed by atoms with Crippen LogP contribution in [0.2, 0.25) is 0 Å². The molecule has 3 atom stereocenters. The number of hydrogen-bond acceptors (Lipinski definition) is 9. The van der Waals surface area contributed by atoms with Crippen molar-refractivity contribution >= 4 is 17.3 Å². The lowest BCUT2D eigenvalue weighted by Crippen LogP contribution is -2.39. The van der Waals surface area contributed by atoms with Crippen LogP contribution in [0.3, 0.4) is 0 Å². The molecule has 1 saturated heterocycles. The second kappa shape index (κ2) is 9.23. The zero-order valence-electron chi connectivity index (χ0n) is 15.3. The number of esters is 1. The Hall–Kier alpha value is -2.07. The Bertz CT molecular complexity index is 752. The summed E-state index contributed by atoms with van der Waals surface area (Å²) in [4.78, 5) is 12.1. The van der Waals surface area contributed by atoms with E-state index in [0.717, 1.165) is 16.3 Å². The summed E-state index contributed by atoms with van der Waals surface area (Å²) in [5, 5.41) is 22.7. The van der Waals surface area contributed by atoms with Crippen LogP contribution in [0, 0.1) is 6.92 Å². The highest BCUT2D eigenvalue weighted by molar-refractivity contribution is 7.11. The Morgan fingerprint density at radius 2 is 2.11 bits per heavy atom. The van der Waals surface area contributed by atoms with Crippen molar-refractivity contribution in [1.82, 2.24) is 15.5 Å². The van der Waals surface area contributed by atoms with E-state index in [4.69, 9.17) is 14.2 Å². The maximum Gasteiger partial charge on any atom is 0.332 e. The fourth-order valence-electron chi connectivity index (χ4n) is 2.94. The number of nitrogens with zero attached hydrogens (tertiary/aromatic N) is 2. The molecule has 2 heterocycles. The van der Waals surface area contributed by atoms with Crippen molar-refractivity contribution in [2.75, 3.05) is 20.3 Å². The molecule has 0 aliphatic carbocycles. The second-order valence-electron chi connectivity index (χ2n) is 6.30. The Balaban J connectivity index is 1.49. The molecule has 146 valence electrons. The van der Waals surface area contributed by atoms with Crippen molar-refractivity contribution in [2.24, 2.45) is 0 Å². The Kier molecular flexibility index (Phi) is 6.73. The summed E-state index contributed by atoms with van der Waals surface area (Å²) in [5.41, 5.74) is 1.06. The average molecular weight is 393 g/mol. The summed E-state index contributed by atoms with van der Waals surface area (Å²) in [5.74, 6) is 0.271. The number of carbonyl (C=O) groups excluding carboxylic acids is 1. The van der Waals surface area contributed by atoms with E-state index in [0.29, 0.717) is 18.0 Å². The van der Waals surface area contributed by atoms with Gasteiger partial charge >= 0.3 is 5.97 Å². The minimum Gasteiger partial charge on any atom is -0.497 e. The molecule has 0 spiro atoms. The molecule has 1 aromatic heterocycles. The third kappa shape index (κ3) is 5.46. The van der Waals surface area contributed by atoms with Gasteiger partial charge in [-0.1, -0.05) is 23.5 Å². The molecular formula is C18H23N3O5S. The summed E-state index contributed by atoms with van der Waals surface area (Å²) in [6.45, 7) is 2.25. The summed E-state index contributed by atoms with van der Waals surface area (Å²) in [7, 11) is 1.62. The predicted molar refractivity (Wildman–Crippen MR) is 98.7 cm³/mol. The highest BCUT2D eigenvalue weighted by Gasteiger charge is 2.37. The van der Waals surface area contributed by atoms with Crippen molar-refractivity contribution < 1.29 is 24.1 Å². The van der Waals surface area contributed by atoms with E-state index in [1.807, 2.05) is 31.2 Å². The Morgan fingerprint density at radius 3 is 2.78 bits per heavy atom. The van der Waals surface area contributed by atoms with Gasteiger partial charge in [-0.05, 0) is 31.0 Å². The van der Waals surface area contributed by atoms with Crippen LogP contribution < -0.4 is 10.1 Å². The summed E-state index contributed by atoms with van der Waals surface area (Å²) in [6.07, 6.45) is -0.737. The van der Waals surface area contributed by atoms with Crippen LogP contribution in [0.25, 0.3) is 0 Å². The van der Waals surface area contributed by atoms with Gasteiger partial charge in [0.25, 0.3) is 0 Å². The van der Waals surface area contributed by atoms with Crippen molar-refractivity contribution in [3.05, 3.63) is 39.8 Å². The van der Waals surface area contributed by atoms with Crippen LogP contribution in [-0.2, 0) is 27.3 Å². The summed E-state index contributed by atoms with van der Waals surface area (Å²) in [6, 6.07) is 7.51. The monoisotopic (exact) mass is 393 g/mol. The Morgan fingerprint density at radius 1 is 1.33 bits per heavy atom. The van der Waals surface area contributed by atoms with Crippen molar-refractivity contribution in [2.45, 2.75) is 38.2 Å². The SMILES string of the molecule is COc1ccc(C[C@H]2NC[C@H](O)[C@H]2OC(=O)COCc2nnc(C)s2)cc1. The number of aliphatic hydroxyl groups is 1. The standard InChI is InChI=1S/C18H23N3O5S/c1-11-20-21-16(27-11)9-25-10-17(23)26-18-14(19-8-15(18)22)7-12-3-5-13(24-2)6-4-12/h3-6,14-15,18-19,22H,7-10H2,1-2H3/t14-,15+,18+/m1/s1. The number of nitrogens with one attached hydrogen (secondary N) is 1. The minimum atomic E-state index is -0.747. The van der Waals surface area contributed by atoms with E-state index in [1.54, 1.807) is 7.11 Å². The normalized spacial score (nSPS) is 22.0. The number of aliphatic hydroxyl groups excluding tert-OH is 1. The fourth-order valence-corrected chi connectivity index (χ4v) is 3.59. The highest BCUT2D eigenvalue weighted by Crippen LogP contribution is 2.19. The molecule has 0 unspecified atom stereocenters. The third-order valence-corrected chi connectivity index (χ3v) is 5.07. The zero-order chi connectivity index (χ0) is 19.2. The molecular weight excluding hydrogens is 370 g/mol. The highest BCUT2D eigenvalue weighted by atomic mass is 32.1. The first kappa shape index (κ1) is 19.7. The number of benzene rings is 1. The summed E-state index contributed by atoms with van der Waals surface area (Å²) >= 11 is 1.42. The van der Waals surface area contributed by atoms with Crippen molar-refractivity contribution in [1.29, 1.82) is 0 Å². The molecule has 2 aromatic rings. The van der Waals surface area contributed by atoms with Gasteiger partial charge in [-0.25, -0.2) is 4.79 Å².